The Hall–Kier alpha value is -0.550. The summed E-state index contributed by atoms with van der Waals surface area (Å²) in [6, 6.07) is 0. The molecular weight excluding hydrogens is 238 g/mol. The summed E-state index contributed by atoms with van der Waals surface area (Å²) in [4.78, 5) is 11.1. The van der Waals surface area contributed by atoms with E-state index >= 15 is 0 Å². The first-order valence-electron chi connectivity index (χ1n) is 5.89. The second-order valence-corrected chi connectivity index (χ2v) is 6.75. The third-order valence-electron chi connectivity index (χ3n) is 1.99. The number of esters is 1. The zero-order chi connectivity index (χ0) is 13.5. The first-order valence-corrected chi connectivity index (χ1v) is 6.99. The van der Waals surface area contributed by atoms with Crippen molar-refractivity contribution in [2.24, 2.45) is 4.40 Å². The number of nitrogens with zero attached hydrogens (tertiary/aromatic N) is 1. The minimum atomic E-state index is -1.21. The summed E-state index contributed by atoms with van der Waals surface area (Å²) in [5, 5.41) is 0. The van der Waals surface area contributed by atoms with Crippen LogP contribution in [-0.2, 0) is 20.9 Å². The molecule has 0 amide bonds. The van der Waals surface area contributed by atoms with Gasteiger partial charge in [0.15, 0.2) is 0 Å². The van der Waals surface area contributed by atoms with Gasteiger partial charge in [-0.25, -0.2) is 0 Å². The fraction of sp³-hybridized carbons (Fsp3) is 0.833. The van der Waals surface area contributed by atoms with Gasteiger partial charge in [-0.2, -0.15) is 0 Å². The van der Waals surface area contributed by atoms with Gasteiger partial charge in [0.05, 0.1) is 12.3 Å². The van der Waals surface area contributed by atoms with Crippen LogP contribution in [0.25, 0.3) is 0 Å². The van der Waals surface area contributed by atoms with Gasteiger partial charge < -0.3 is 9.29 Å². The molecule has 0 N–H and O–H groups in total. The SMILES string of the molecule is CCOC(=O)CCCC(C)=N[S+]([O-])C(C)(C)C. The lowest BCUT2D eigenvalue weighted by atomic mass is 10.2. The molecule has 0 heterocycles. The number of hydrogen-bond donors (Lipinski definition) is 0. The molecule has 0 saturated carbocycles. The second-order valence-electron chi connectivity index (χ2n) is 4.85. The zero-order valence-corrected chi connectivity index (χ0v) is 12.2. The van der Waals surface area contributed by atoms with Crippen LogP contribution in [0.4, 0.5) is 0 Å². The third-order valence-corrected chi connectivity index (χ3v) is 3.51. The zero-order valence-electron chi connectivity index (χ0n) is 11.4. The number of carbonyl (C=O) groups is 1. The van der Waals surface area contributed by atoms with Crippen molar-refractivity contribution < 1.29 is 14.1 Å². The van der Waals surface area contributed by atoms with Crippen molar-refractivity contribution in [3.8, 4) is 0 Å². The third kappa shape index (κ3) is 8.21. The standard InChI is InChI=1S/C12H23NO3S/c1-6-16-11(14)9-7-8-10(2)13-17(15)12(3,4)5/h6-9H2,1-5H3. The van der Waals surface area contributed by atoms with Crippen LogP contribution in [0.3, 0.4) is 0 Å². The van der Waals surface area contributed by atoms with E-state index in [1.54, 1.807) is 6.92 Å². The Labute approximate surface area is 107 Å². The Morgan fingerprint density at radius 1 is 1.35 bits per heavy atom. The molecule has 0 aliphatic heterocycles. The molecule has 1 unspecified atom stereocenters. The molecule has 1 atom stereocenters. The maximum absolute atomic E-state index is 11.7. The Morgan fingerprint density at radius 2 is 1.94 bits per heavy atom. The molecule has 0 spiro atoms. The predicted molar refractivity (Wildman–Crippen MR) is 71.5 cm³/mol. The van der Waals surface area contributed by atoms with Gasteiger partial charge >= 0.3 is 5.97 Å². The van der Waals surface area contributed by atoms with Crippen molar-refractivity contribution in [3.05, 3.63) is 0 Å². The highest BCUT2D eigenvalue weighted by Crippen LogP contribution is 2.17. The average molecular weight is 261 g/mol. The van der Waals surface area contributed by atoms with Crippen molar-refractivity contribution in [2.75, 3.05) is 6.61 Å². The van der Waals surface area contributed by atoms with Crippen LogP contribution in [0, 0.1) is 0 Å². The summed E-state index contributed by atoms with van der Waals surface area (Å²) in [6.07, 6.45) is 1.76. The van der Waals surface area contributed by atoms with Crippen LogP contribution in [0.1, 0.15) is 53.9 Å². The minimum absolute atomic E-state index is 0.183. The molecule has 0 aliphatic rings. The van der Waals surface area contributed by atoms with E-state index in [1.165, 1.54) is 0 Å². The minimum Gasteiger partial charge on any atom is -0.591 e. The second kappa shape index (κ2) is 7.71. The quantitative estimate of drug-likeness (QED) is 0.419. The van der Waals surface area contributed by atoms with Crippen molar-refractivity contribution in [1.82, 2.24) is 0 Å². The van der Waals surface area contributed by atoms with Gasteiger partial charge in [-0.1, -0.05) is 4.40 Å². The molecule has 0 bridgehead atoms. The molecule has 0 aromatic heterocycles. The van der Waals surface area contributed by atoms with Crippen LogP contribution in [0.15, 0.2) is 4.40 Å². The lowest BCUT2D eigenvalue weighted by Gasteiger charge is -2.18. The van der Waals surface area contributed by atoms with Crippen molar-refractivity contribution >= 4 is 23.0 Å². The van der Waals surface area contributed by atoms with E-state index in [2.05, 4.69) is 4.40 Å². The molecule has 0 aromatic rings. The lowest BCUT2D eigenvalue weighted by molar-refractivity contribution is -0.143. The van der Waals surface area contributed by atoms with Crippen molar-refractivity contribution in [1.29, 1.82) is 0 Å². The fourth-order valence-electron chi connectivity index (χ4n) is 1.05. The molecule has 0 aromatic carbocycles. The van der Waals surface area contributed by atoms with Gasteiger partial charge in [-0.3, -0.25) is 4.79 Å². The maximum atomic E-state index is 11.7. The molecule has 100 valence electrons. The van der Waals surface area contributed by atoms with E-state index < -0.39 is 11.4 Å². The highest BCUT2D eigenvalue weighted by atomic mass is 32.2. The van der Waals surface area contributed by atoms with E-state index in [0.29, 0.717) is 25.9 Å². The van der Waals surface area contributed by atoms with Gasteiger partial charge in [0, 0.05) is 6.42 Å². The van der Waals surface area contributed by atoms with Gasteiger partial charge in [-0.15, -0.1) is 0 Å². The van der Waals surface area contributed by atoms with Gasteiger partial charge in [0.25, 0.3) is 0 Å². The first kappa shape index (κ1) is 16.4. The summed E-state index contributed by atoms with van der Waals surface area (Å²) in [7, 11) is 0. The van der Waals surface area contributed by atoms with E-state index in [9.17, 15) is 9.35 Å². The van der Waals surface area contributed by atoms with E-state index in [4.69, 9.17) is 4.74 Å². The Morgan fingerprint density at radius 3 is 2.41 bits per heavy atom. The Kier molecular flexibility index (Phi) is 7.46. The summed E-state index contributed by atoms with van der Waals surface area (Å²) in [5.74, 6) is -0.183. The predicted octanol–water partition coefficient (Wildman–Crippen LogP) is 2.64. The van der Waals surface area contributed by atoms with E-state index in [1.807, 2.05) is 27.7 Å². The monoisotopic (exact) mass is 261 g/mol. The molecule has 0 radical (unpaired) electrons. The molecule has 0 aliphatic carbocycles. The highest BCUT2D eigenvalue weighted by molar-refractivity contribution is 7.91. The summed E-state index contributed by atoms with van der Waals surface area (Å²) in [6.45, 7) is 9.71. The number of rotatable bonds is 6. The molecule has 0 saturated heterocycles. The summed E-state index contributed by atoms with van der Waals surface area (Å²) in [5.41, 5.74) is 0.822. The van der Waals surface area contributed by atoms with Gasteiger partial charge in [-0.05, 0) is 47.5 Å². The number of hydrogen-bond acceptors (Lipinski definition) is 4. The van der Waals surface area contributed by atoms with Gasteiger partial charge in [0.2, 0.25) is 0 Å². The molecular formula is C12H23NO3S. The Balaban J connectivity index is 3.98. The fourth-order valence-corrected chi connectivity index (χ4v) is 1.69. The Bertz CT molecular complexity index is 271. The van der Waals surface area contributed by atoms with Crippen molar-refractivity contribution in [3.63, 3.8) is 0 Å². The van der Waals surface area contributed by atoms with E-state index in [-0.39, 0.29) is 10.7 Å². The molecule has 5 heteroatoms. The normalized spacial score (nSPS) is 14.6. The van der Waals surface area contributed by atoms with Crippen LogP contribution >= 0.6 is 0 Å². The number of ether oxygens (including phenoxy) is 1. The van der Waals surface area contributed by atoms with Crippen LogP contribution in [0.2, 0.25) is 0 Å². The summed E-state index contributed by atoms with van der Waals surface area (Å²) < 4.78 is 20.3. The van der Waals surface area contributed by atoms with Crippen LogP contribution in [-0.4, -0.2) is 27.6 Å². The molecule has 0 rings (SSSR count). The summed E-state index contributed by atoms with van der Waals surface area (Å²) >= 11 is -1.21. The van der Waals surface area contributed by atoms with Crippen molar-refractivity contribution in [2.45, 2.75) is 58.6 Å². The first-order chi connectivity index (χ1) is 7.77. The van der Waals surface area contributed by atoms with Gasteiger partial charge in [0.1, 0.15) is 16.1 Å². The molecule has 4 nitrogen and oxygen atoms in total. The van der Waals surface area contributed by atoms with E-state index in [0.717, 1.165) is 5.71 Å². The average Bonchev–Trinajstić information content (AvgIpc) is 2.16. The van der Waals surface area contributed by atoms with Crippen LogP contribution in [0.5, 0.6) is 0 Å². The highest BCUT2D eigenvalue weighted by Gasteiger charge is 2.26. The molecule has 17 heavy (non-hydrogen) atoms. The number of carbonyl (C=O) groups excluding carboxylic acids is 1. The molecule has 0 fully saturated rings. The lowest BCUT2D eigenvalue weighted by Crippen LogP contribution is -2.26. The topological polar surface area (TPSA) is 61.7 Å². The maximum Gasteiger partial charge on any atom is 0.305 e. The smallest absolute Gasteiger partial charge is 0.305 e. The largest absolute Gasteiger partial charge is 0.591 e. The van der Waals surface area contributed by atoms with Crippen LogP contribution < -0.4 is 0 Å².